The van der Waals surface area contributed by atoms with Crippen molar-refractivity contribution in [1.82, 2.24) is 0 Å². The van der Waals surface area contributed by atoms with E-state index in [0.717, 1.165) is 6.07 Å². The minimum Gasteiger partial charge on any atom is -0.462 e. The van der Waals surface area contributed by atoms with E-state index in [2.05, 4.69) is 17.4 Å². The number of rotatable bonds is 2. The minimum atomic E-state index is -4.67. The molecule has 0 saturated heterocycles. The van der Waals surface area contributed by atoms with Gasteiger partial charge in [0.05, 0.1) is 23.3 Å². The molecule has 0 aliphatic heterocycles. The number of alkyl halides is 3. The Morgan fingerprint density at radius 1 is 1.50 bits per heavy atom. The molecule has 1 aromatic carbocycles. The van der Waals surface area contributed by atoms with Crippen molar-refractivity contribution >= 4 is 18.6 Å². The van der Waals surface area contributed by atoms with Crippen LogP contribution in [0.2, 0.25) is 0 Å². The molecule has 0 aliphatic carbocycles. The zero-order valence-electron chi connectivity index (χ0n) is 9.21. The zero-order chi connectivity index (χ0) is 13.9. The molecule has 0 aliphatic rings. The normalized spacial score (nSPS) is 10.9. The van der Waals surface area contributed by atoms with Crippen LogP contribution >= 0.6 is 12.6 Å². The maximum absolute atomic E-state index is 12.6. The van der Waals surface area contributed by atoms with Crippen molar-refractivity contribution in [3.63, 3.8) is 0 Å². The fraction of sp³-hybridized carbons (Fsp3) is 0.273. The Kier molecular flexibility index (Phi) is 4.24. The second kappa shape index (κ2) is 5.31. The molecule has 0 aromatic heterocycles. The predicted molar refractivity (Wildman–Crippen MR) is 59.4 cm³/mol. The van der Waals surface area contributed by atoms with Crippen molar-refractivity contribution in [2.75, 3.05) is 6.61 Å². The molecular weight excluding hydrogens is 267 g/mol. The maximum atomic E-state index is 12.6. The van der Waals surface area contributed by atoms with Gasteiger partial charge in [-0.2, -0.15) is 18.4 Å². The summed E-state index contributed by atoms with van der Waals surface area (Å²) in [5.74, 6) is -0.812. The SMILES string of the molecule is CCOC(=O)c1ccc(C(F)(F)F)c(C#N)c1S. The van der Waals surface area contributed by atoms with Gasteiger partial charge in [0.25, 0.3) is 0 Å². The summed E-state index contributed by atoms with van der Waals surface area (Å²) >= 11 is 3.80. The number of nitrogens with zero attached hydrogens (tertiary/aromatic N) is 1. The third-order valence-corrected chi connectivity index (χ3v) is 2.55. The summed E-state index contributed by atoms with van der Waals surface area (Å²) in [5, 5.41) is 8.75. The van der Waals surface area contributed by atoms with E-state index >= 15 is 0 Å². The Morgan fingerprint density at radius 2 is 2.11 bits per heavy atom. The van der Waals surface area contributed by atoms with Crippen LogP contribution < -0.4 is 0 Å². The first-order chi connectivity index (χ1) is 8.32. The van der Waals surface area contributed by atoms with E-state index in [9.17, 15) is 18.0 Å². The molecule has 0 radical (unpaired) electrons. The number of nitriles is 1. The lowest BCUT2D eigenvalue weighted by molar-refractivity contribution is -0.137. The average molecular weight is 275 g/mol. The minimum absolute atomic E-state index is 0.0783. The summed E-state index contributed by atoms with van der Waals surface area (Å²) in [6.07, 6.45) is -4.67. The van der Waals surface area contributed by atoms with Crippen LogP contribution in [0.1, 0.15) is 28.4 Å². The summed E-state index contributed by atoms with van der Waals surface area (Å²) in [6.45, 7) is 1.64. The molecule has 0 fully saturated rings. The third-order valence-electron chi connectivity index (χ3n) is 2.09. The first-order valence-electron chi connectivity index (χ1n) is 4.83. The first kappa shape index (κ1) is 14.4. The molecule has 0 N–H and O–H groups in total. The van der Waals surface area contributed by atoms with E-state index in [1.165, 1.54) is 6.07 Å². The van der Waals surface area contributed by atoms with Gasteiger partial charge in [0.1, 0.15) is 6.07 Å². The van der Waals surface area contributed by atoms with Gasteiger partial charge < -0.3 is 4.74 Å². The topological polar surface area (TPSA) is 50.1 Å². The highest BCUT2D eigenvalue weighted by atomic mass is 32.1. The van der Waals surface area contributed by atoms with Gasteiger partial charge in [0.15, 0.2) is 0 Å². The molecule has 0 amide bonds. The van der Waals surface area contributed by atoms with E-state index in [-0.39, 0.29) is 17.1 Å². The van der Waals surface area contributed by atoms with E-state index < -0.39 is 23.3 Å². The highest BCUT2D eigenvalue weighted by molar-refractivity contribution is 7.80. The van der Waals surface area contributed by atoms with Crippen LogP contribution in [0, 0.1) is 11.3 Å². The van der Waals surface area contributed by atoms with Crippen LogP contribution in [0.15, 0.2) is 17.0 Å². The number of carbonyl (C=O) groups excluding carboxylic acids is 1. The Hall–Kier alpha value is -1.68. The standard InChI is InChI=1S/C11H8F3NO2S/c1-2-17-10(16)6-3-4-8(11(12,13)14)7(5-15)9(6)18/h3-4,18H,2H2,1H3. The Morgan fingerprint density at radius 3 is 2.56 bits per heavy atom. The number of halogens is 3. The lowest BCUT2D eigenvalue weighted by Gasteiger charge is -2.12. The summed E-state index contributed by atoms with van der Waals surface area (Å²) in [5.41, 5.74) is -1.97. The molecule has 1 aromatic rings. The van der Waals surface area contributed by atoms with Crippen molar-refractivity contribution in [3.05, 3.63) is 28.8 Å². The van der Waals surface area contributed by atoms with Gasteiger partial charge in [0.2, 0.25) is 0 Å². The third kappa shape index (κ3) is 2.76. The lowest BCUT2D eigenvalue weighted by atomic mass is 10.0. The van der Waals surface area contributed by atoms with Gasteiger partial charge >= 0.3 is 12.1 Å². The molecule has 0 atom stereocenters. The number of thiol groups is 1. The van der Waals surface area contributed by atoms with Crippen LogP contribution in [0.5, 0.6) is 0 Å². The number of esters is 1. The van der Waals surface area contributed by atoms with Gasteiger partial charge in [-0.1, -0.05) is 0 Å². The van der Waals surface area contributed by atoms with Gasteiger partial charge in [-0.25, -0.2) is 4.79 Å². The largest absolute Gasteiger partial charge is 0.462 e. The highest BCUT2D eigenvalue weighted by Gasteiger charge is 2.35. The molecule has 3 nitrogen and oxygen atoms in total. The molecule has 18 heavy (non-hydrogen) atoms. The molecule has 0 heterocycles. The second-order valence-electron chi connectivity index (χ2n) is 3.21. The number of hydrogen-bond acceptors (Lipinski definition) is 4. The molecule has 0 spiro atoms. The summed E-state index contributed by atoms with van der Waals surface area (Å²) in [4.78, 5) is 11.1. The van der Waals surface area contributed by atoms with E-state index in [1.54, 1.807) is 6.92 Å². The molecular formula is C11H8F3NO2S. The van der Waals surface area contributed by atoms with Crippen molar-refractivity contribution in [2.45, 2.75) is 18.0 Å². The quantitative estimate of drug-likeness (QED) is 0.666. The van der Waals surface area contributed by atoms with Gasteiger partial charge in [-0.3, -0.25) is 0 Å². The second-order valence-corrected chi connectivity index (χ2v) is 3.66. The number of benzene rings is 1. The molecule has 7 heteroatoms. The summed E-state index contributed by atoms with van der Waals surface area (Å²) in [6, 6.07) is 3.02. The summed E-state index contributed by atoms with van der Waals surface area (Å²) in [7, 11) is 0. The predicted octanol–water partition coefficient (Wildman–Crippen LogP) is 3.04. The number of ether oxygens (including phenoxy) is 1. The first-order valence-corrected chi connectivity index (χ1v) is 5.28. The molecule has 1 rings (SSSR count). The van der Waals surface area contributed by atoms with Crippen molar-refractivity contribution < 1.29 is 22.7 Å². The zero-order valence-corrected chi connectivity index (χ0v) is 10.1. The van der Waals surface area contributed by atoms with Crippen molar-refractivity contribution in [2.24, 2.45) is 0 Å². The smallest absolute Gasteiger partial charge is 0.417 e. The average Bonchev–Trinajstić information content (AvgIpc) is 2.27. The van der Waals surface area contributed by atoms with Gasteiger partial charge in [0, 0.05) is 4.90 Å². The molecule has 96 valence electrons. The van der Waals surface area contributed by atoms with E-state index in [4.69, 9.17) is 5.26 Å². The van der Waals surface area contributed by atoms with E-state index in [0.29, 0.717) is 6.07 Å². The summed E-state index contributed by atoms with van der Waals surface area (Å²) < 4.78 is 42.4. The monoisotopic (exact) mass is 275 g/mol. The fourth-order valence-corrected chi connectivity index (χ4v) is 1.65. The van der Waals surface area contributed by atoms with Gasteiger partial charge in [-0.15, -0.1) is 12.6 Å². The Labute approximate surface area is 107 Å². The fourth-order valence-electron chi connectivity index (χ4n) is 1.31. The van der Waals surface area contributed by atoms with Crippen LogP contribution in [-0.4, -0.2) is 12.6 Å². The van der Waals surface area contributed by atoms with Crippen molar-refractivity contribution in [3.8, 4) is 6.07 Å². The highest BCUT2D eigenvalue weighted by Crippen LogP contribution is 2.35. The van der Waals surface area contributed by atoms with Crippen molar-refractivity contribution in [1.29, 1.82) is 5.26 Å². The molecule has 0 bridgehead atoms. The van der Waals surface area contributed by atoms with Crippen LogP contribution in [-0.2, 0) is 10.9 Å². The van der Waals surface area contributed by atoms with Crippen LogP contribution in [0.4, 0.5) is 13.2 Å². The number of hydrogen-bond donors (Lipinski definition) is 1. The number of carbonyl (C=O) groups is 1. The molecule has 0 saturated carbocycles. The van der Waals surface area contributed by atoms with Gasteiger partial charge in [-0.05, 0) is 19.1 Å². The maximum Gasteiger partial charge on any atom is 0.417 e. The van der Waals surface area contributed by atoms with E-state index in [1.807, 2.05) is 0 Å². The van der Waals surface area contributed by atoms with Crippen LogP contribution in [0.3, 0.4) is 0 Å². The van der Waals surface area contributed by atoms with Crippen LogP contribution in [0.25, 0.3) is 0 Å². The molecule has 0 unspecified atom stereocenters. The Balaban J connectivity index is 3.40. The Bertz CT molecular complexity index is 520. The lowest BCUT2D eigenvalue weighted by Crippen LogP contribution is -2.12.